The van der Waals surface area contributed by atoms with E-state index in [0.29, 0.717) is 0 Å². The van der Waals surface area contributed by atoms with Crippen LogP contribution < -0.4 is 9.47 Å². The van der Waals surface area contributed by atoms with Crippen LogP contribution in [0.1, 0.15) is 23.0 Å². The summed E-state index contributed by atoms with van der Waals surface area (Å²) >= 11 is 0. The summed E-state index contributed by atoms with van der Waals surface area (Å²) < 4.78 is 115. The van der Waals surface area contributed by atoms with E-state index >= 15 is 13.2 Å². The van der Waals surface area contributed by atoms with Gasteiger partial charge in [0, 0.05) is 42.5 Å². The summed E-state index contributed by atoms with van der Waals surface area (Å²) in [4.78, 5) is 6.32. The number of benzene rings is 3. The van der Waals surface area contributed by atoms with Gasteiger partial charge in [0.15, 0.2) is 33.0 Å². The topological polar surface area (TPSA) is 158 Å². The number of nitrogens with one attached hydrogen (secondary N) is 1. The fourth-order valence-electron chi connectivity index (χ4n) is 5.65. The van der Waals surface area contributed by atoms with Crippen LogP contribution in [0.5, 0.6) is 11.5 Å². The average Bonchev–Trinajstić information content (AvgIpc) is 3.85. The van der Waals surface area contributed by atoms with E-state index in [9.17, 15) is 22.3 Å². The number of H-pyrrole nitrogens is 1. The van der Waals surface area contributed by atoms with E-state index in [1.54, 1.807) is 0 Å². The Morgan fingerprint density at radius 2 is 1.72 bits per heavy atom. The van der Waals surface area contributed by atoms with Gasteiger partial charge in [0.05, 0.1) is 17.2 Å². The standard InChI is InChI=1S/C32H23F5N6O6S/c1-15-40-28(17-5-7-24-25(10-17)49-32(36,37)48-24)29(47-15)20-8-16(18-9-22(33)21(13-44)26(11-18)50(3,45)46)4-6-19(20)23-12-27(42-43(23)2)31(34,35)30-38-14-39-41-30/h4-12,14,44H,13H2,1-3H3,(H,38,39,41). The van der Waals surface area contributed by atoms with Crippen molar-refractivity contribution in [1.29, 1.82) is 0 Å². The van der Waals surface area contributed by atoms with E-state index in [2.05, 4.69) is 34.7 Å². The first-order valence-electron chi connectivity index (χ1n) is 14.5. The lowest BCUT2D eigenvalue weighted by atomic mass is 9.93. The molecule has 0 aliphatic carbocycles. The van der Waals surface area contributed by atoms with Crippen LogP contribution >= 0.6 is 0 Å². The Hall–Kier alpha value is -5.62. The minimum Gasteiger partial charge on any atom is -0.440 e. The number of ether oxygens (including phenoxy) is 2. The van der Waals surface area contributed by atoms with Crippen molar-refractivity contribution in [3.05, 3.63) is 89.7 Å². The van der Waals surface area contributed by atoms with Gasteiger partial charge in [-0.15, -0.1) is 19.0 Å². The van der Waals surface area contributed by atoms with Gasteiger partial charge in [0.1, 0.15) is 23.5 Å². The van der Waals surface area contributed by atoms with Crippen molar-refractivity contribution in [2.45, 2.75) is 30.6 Å². The predicted molar refractivity (Wildman–Crippen MR) is 164 cm³/mol. The molecule has 0 amide bonds. The zero-order chi connectivity index (χ0) is 35.7. The van der Waals surface area contributed by atoms with E-state index in [-0.39, 0.29) is 62.4 Å². The normalized spacial score (nSPS) is 14.0. The molecule has 50 heavy (non-hydrogen) atoms. The Bertz CT molecular complexity index is 2410. The highest BCUT2D eigenvalue weighted by molar-refractivity contribution is 7.90. The van der Waals surface area contributed by atoms with Crippen molar-refractivity contribution in [1.82, 2.24) is 29.9 Å². The van der Waals surface area contributed by atoms with Crippen LogP contribution in [0.25, 0.3) is 45.0 Å². The molecule has 258 valence electrons. The van der Waals surface area contributed by atoms with Crippen molar-refractivity contribution in [3.63, 3.8) is 0 Å². The van der Waals surface area contributed by atoms with E-state index < -0.39 is 56.5 Å². The predicted octanol–water partition coefficient (Wildman–Crippen LogP) is 6.00. The van der Waals surface area contributed by atoms with Crippen molar-refractivity contribution >= 4 is 9.84 Å². The number of oxazole rings is 1. The van der Waals surface area contributed by atoms with Gasteiger partial charge in [-0.05, 0) is 53.6 Å². The molecule has 0 atom stereocenters. The van der Waals surface area contributed by atoms with Crippen molar-refractivity contribution < 1.29 is 49.4 Å². The molecule has 3 aromatic heterocycles. The summed E-state index contributed by atoms with van der Waals surface area (Å²) in [7, 11) is -2.57. The van der Waals surface area contributed by atoms with Gasteiger partial charge < -0.3 is 24.0 Å². The van der Waals surface area contributed by atoms with Crippen molar-refractivity contribution in [2.75, 3.05) is 6.26 Å². The summed E-state index contributed by atoms with van der Waals surface area (Å²) in [5.41, 5.74) is 0.288. The number of halogens is 5. The molecule has 0 unspecified atom stereocenters. The maximum atomic E-state index is 15.4. The Morgan fingerprint density at radius 3 is 2.42 bits per heavy atom. The number of alkyl halides is 4. The number of hydrogen-bond acceptors (Lipinski definition) is 10. The van der Waals surface area contributed by atoms with Crippen molar-refractivity contribution in [2.24, 2.45) is 7.05 Å². The number of fused-ring (bicyclic) bond motifs is 1. The Balaban J connectivity index is 1.45. The maximum absolute atomic E-state index is 15.4. The van der Waals surface area contributed by atoms with Gasteiger partial charge in [0.25, 0.3) is 0 Å². The van der Waals surface area contributed by atoms with Crippen LogP contribution in [-0.4, -0.2) is 56.0 Å². The summed E-state index contributed by atoms with van der Waals surface area (Å²) in [6, 6.07) is 11.9. The molecular formula is C32H23F5N6O6S. The molecule has 1 aliphatic rings. The summed E-state index contributed by atoms with van der Waals surface area (Å²) in [6.07, 6.45) is -2.01. The van der Waals surface area contributed by atoms with Gasteiger partial charge in [-0.2, -0.15) is 13.9 Å². The van der Waals surface area contributed by atoms with Gasteiger partial charge in [-0.25, -0.2) is 17.8 Å². The van der Waals surface area contributed by atoms with E-state index in [1.807, 2.05) is 0 Å². The van der Waals surface area contributed by atoms with Crippen LogP contribution in [0.4, 0.5) is 22.0 Å². The minimum absolute atomic E-state index is 0.0468. The summed E-state index contributed by atoms with van der Waals surface area (Å²) in [6.45, 7) is 0.654. The molecule has 18 heteroatoms. The number of rotatable bonds is 8. The zero-order valence-corrected chi connectivity index (χ0v) is 26.8. The number of aromatic nitrogens is 6. The summed E-state index contributed by atoms with van der Waals surface area (Å²) in [5.74, 6) is -5.70. The highest BCUT2D eigenvalue weighted by atomic mass is 32.2. The molecule has 7 rings (SSSR count). The van der Waals surface area contributed by atoms with E-state index in [0.717, 1.165) is 24.7 Å². The lowest BCUT2D eigenvalue weighted by Gasteiger charge is -2.14. The number of hydrogen-bond donors (Lipinski definition) is 2. The van der Waals surface area contributed by atoms with Crippen LogP contribution in [0.15, 0.2) is 70.2 Å². The molecule has 0 bridgehead atoms. The second kappa shape index (κ2) is 11.5. The molecule has 4 heterocycles. The molecule has 2 N–H and O–H groups in total. The Morgan fingerprint density at radius 1 is 0.980 bits per heavy atom. The number of aliphatic hydroxyl groups is 1. The lowest BCUT2D eigenvalue weighted by Crippen LogP contribution is -2.25. The number of nitrogens with zero attached hydrogens (tertiary/aromatic N) is 5. The van der Waals surface area contributed by atoms with E-state index in [1.165, 1.54) is 61.1 Å². The van der Waals surface area contributed by atoms with Crippen molar-refractivity contribution in [3.8, 4) is 56.5 Å². The maximum Gasteiger partial charge on any atom is 0.586 e. The van der Waals surface area contributed by atoms with Crippen LogP contribution in [-0.2, 0) is 29.4 Å². The third-order valence-electron chi connectivity index (χ3n) is 7.91. The first-order chi connectivity index (χ1) is 23.6. The third kappa shape index (κ3) is 5.65. The number of aromatic amines is 1. The summed E-state index contributed by atoms with van der Waals surface area (Å²) in [5, 5.41) is 20.6. The smallest absolute Gasteiger partial charge is 0.440 e. The van der Waals surface area contributed by atoms with Gasteiger partial charge in [-0.1, -0.05) is 12.1 Å². The average molecular weight is 715 g/mol. The number of aliphatic hydroxyl groups excluding tert-OH is 1. The van der Waals surface area contributed by atoms with Gasteiger partial charge in [-0.3, -0.25) is 4.68 Å². The molecule has 0 saturated carbocycles. The quantitative estimate of drug-likeness (QED) is 0.179. The minimum atomic E-state index is -4.00. The second-order valence-corrected chi connectivity index (χ2v) is 13.3. The molecule has 3 aromatic carbocycles. The first kappa shape index (κ1) is 32.9. The number of aryl methyl sites for hydroxylation is 2. The molecule has 0 saturated heterocycles. The fourth-order valence-corrected chi connectivity index (χ4v) is 6.60. The van der Waals surface area contributed by atoms with Gasteiger partial charge in [0.2, 0.25) is 5.82 Å². The molecule has 6 aromatic rings. The Labute approximate surface area is 279 Å². The SMILES string of the molecule is Cc1nc(-c2ccc3c(c2)OC(F)(F)O3)c(-c2cc(-c3cc(F)c(CO)c(S(C)(=O)=O)c3)ccc2-c2cc(C(F)(F)c3nnc[nH]3)nn2C)o1. The van der Waals surface area contributed by atoms with Crippen LogP contribution in [0.3, 0.4) is 0 Å². The van der Waals surface area contributed by atoms with Crippen LogP contribution in [0, 0.1) is 12.7 Å². The van der Waals surface area contributed by atoms with Crippen LogP contribution in [0.2, 0.25) is 0 Å². The highest BCUT2D eigenvalue weighted by Gasteiger charge is 2.44. The second-order valence-electron chi connectivity index (χ2n) is 11.3. The molecule has 0 radical (unpaired) electrons. The molecule has 0 spiro atoms. The van der Waals surface area contributed by atoms with E-state index in [4.69, 9.17) is 4.42 Å². The zero-order valence-electron chi connectivity index (χ0n) is 26.0. The lowest BCUT2D eigenvalue weighted by molar-refractivity contribution is -0.286. The fraction of sp³-hybridized carbons (Fsp3) is 0.188. The monoisotopic (exact) mass is 714 g/mol. The molecule has 12 nitrogen and oxygen atoms in total. The molecule has 1 aliphatic heterocycles. The first-order valence-corrected chi connectivity index (χ1v) is 16.4. The molecule has 0 fully saturated rings. The highest BCUT2D eigenvalue weighted by Crippen LogP contribution is 2.46. The number of sulfone groups is 1. The molecular weight excluding hydrogens is 691 g/mol. The third-order valence-corrected chi connectivity index (χ3v) is 9.07. The van der Waals surface area contributed by atoms with Gasteiger partial charge >= 0.3 is 12.2 Å². The Kier molecular flexibility index (Phi) is 7.56. The largest absolute Gasteiger partial charge is 0.586 e.